The number of carbonyl (C=O) groups excluding carboxylic acids is 1. The van der Waals surface area contributed by atoms with Crippen LogP contribution in [0.25, 0.3) is 0 Å². The SMILES string of the molecule is O=C(O)CC[C@@H]1CCCN(C(=O)C2(c3ccc(Cl)cc3)CC2)C1. The Kier molecular flexibility index (Phi) is 4.62. The number of halogens is 1. The lowest BCUT2D eigenvalue weighted by atomic mass is 9.89. The smallest absolute Gasteiger partial charge is 0.303 e. The van der Waals surface area contributed by atoms with Gasteiger partial charge in [0.05, 0.1) is 5.41 Å². The molecule has 3 rings (SSSR count). The maximum absolute atomic E-state index is 13.0. The molecule has 1 aromatic carbocycles. The van der Waals surface area contributed by atoms with Gasteiger partial charge >= 0.3 is 5.97 Å². The largest absolute Gasteiger partial charge is 0.481 e. The highest BCUT2D eigenvalue weighted by Crippen LogP contribution is 2.50. The predicted octanol–water partition coefficient (Wildman–Crippen LogP) is 3.48. The molecular weight excluding hydrogens is 314 g/mol. The second-order valence-corrected chi connectivity index (χ2v) is 7.22. The summed E-state index contributed by atoms with van der Waals surface area (Å²) in [5, 5.41) is 9.52. The number of hydrogen-bond acceptors (Lipinski definition) is 2. The van der Waals surface area contributed by atoms with E-state index in [2.05, 4.69) is 0 Å². The number of nitrogens with zero attached hydrogens (tertiary/aromatic N) is 1. The van der Waals surface area contributed by atoms with E-state index in [0.717, 1.165) is 37.8 Å². The van der Waals surface area contributed by atoms with Gasteiger partial charge in [-0.25, -0.2) is 0 Å². The molecule has 5 heteroatoms. The molecule has 124 valence electrons. The molecule has 0 spiro atoms. The van der Waals surface area contributed by atoms with Crippen LogP contribution in [0.1, 0.15) is 44.1 Å². The number of carboxylic acids is 1. The Morgan fingerprint density at radius 3 is 2.57 bits per heavy atom. The first-order valence-electron chi connectivity index (χ1n) is 8.28. The third-order valence-corrected chi connectivity index (χ3v) is 5.38. The Morgan fingerprint density at radius 1 is 1.26 bits per heavy atom. The fourth-order valence-electron chi connectivity index (χ4n) is 3.64. The summed E-state index contributed by atoms with van der Waals surface area (Å²) in [4.78, 5) is 25.7. The Bertz CT molecular complexity index is 595. The van der Waals surface area contributed by atoms with Crippen molar-refractivity contribution in [1.29, 1.82) is 0 Å². The molecule has 4 nitrogen and oxygen atoms in total. The molecule has 0 radical (unpaired) electrons. The molecule has 1 aliphatic carbocycles. The molecule has 0 aromatic heterocycles. The molecule has 2 aliphatic rings. The van der Waals surface area contributed by atoms with Crippen LogP contribution < -0.4 is 0 Å². The van der Waals surface area contributed by atoms with Gasteiger partial charge in [-0.1, -0.05) is 23.7 Å². The summed E-state index contributed by atoms with van der Waals surface area (Å²) >= 11 is 5.95. The highest BCUT2D eigenvalue weighted by molar-refractivity contribution is 6.30. The lowest BCUT2D eigenvalue weighted by molar-refractivity contribution is -0.137. The first-order valence-corrected chi connectivity index (χ1v) is 8.66. The van der Waals surface area contributed by atoms with Crippen LogP contribution >= 0.6 is 11.6 Å². The van der Waals surface area contributed by atoms with Gasteiger partial charge in [0.15, 0.2) is 0 Å². The Morgan fingerprint density at radius 2 is 1.96 bits per heavy atom. The molecule has 0 unspecified atom stereocenters. The first kappa shape index (κ1) is 16.3. The van der Waals surface area contributed by atoms with Crippen LogP contribution in [0.3, 0.4) is 0 Å². The van der Waals surface area contributed by atoms with Gasteiger partial charge in [-0.05, 0) is 55.7 Å². The van der Waals surface area contributed by atoms with E-state index < -0.39 is 5.97 Å². The molecule has 0 bridgehead atoms. The lowest BCUT2D eigenvalue weighted by Gasteiger charge is -2.35. The molecule has 1 aliphatic heterocycles. The van der Waals surface area contributed by atoms with Crippen LogP contribution in [0, 0.1) is 5.92 Å². The number of carbonyl (C=O) groups is 2. The van der Waals surface area contributed by atoms with Crippen LogP contribution in [0.4, 0.5) is 0 Å². The van der Waals surface area contributed by atoms with Gasteiger partial charge in [-0.3, -0.25) is 9.59 Å². The fraction of sp³-hybridized carbons (Fsp3) is 0.556. The number of piperidine rings is 1. The maximum atomic E-state index is 13.0. The third-order valence-electron chi connectivity index (χ3n) is 5.13. The second-order valence-electron chi connectivity index (χ2n) is 6.78. The van der Waals surface area contributed by atoms with Crippen molar-refractivity contribution in [3.63, 3.8) is 0 Å². The van der Waals surface area contributed by atoms with E-state index in [0.29, 0.717) is 23.9 Å². The zero-order valence-electron chi connectivity index (χ0n) is 13.1. The monoisotopic (exact) mass is 335 g/mol. The second kappa shape index (κ2) is 6.52. The maximum Gasteiger partial charge on any atom is 0.303 e. The van der Waals surface area contributed by atoms with E-state index in [1.165, 1.54) is 0 Å². The Balaban J connectivity index is 1.67. The van der Waals surface area contributed by atoms with Gasteiger partial charge in [0.1, 0.15) is 0 Å². The summed E-state index contributed by atoms with van der Waals surface area (Å²) in [6, 6.07) is 7.60. The van der Waals surface area contributed by atoms with Gasteiger partial charge in [0, 0.05) is 24.5 Å². The van der Waals surface area contributed by atoms with E-state index >= 15 is 0 Å². The standard InChI is InChI=1S/C18H22ClNO3/c19-15-6-4-14(5-7-15)18(9-10-18)17(23)20-11-1-2-13(12-20)3-8-16(21)22/h4-7,13H,1-3,8-12H2,(H,21,22)/t13-/m0/s1. The Labute approximate surface area is 141 Å². The summed E-state index contributed by atoms with van der Waals surface area (Å²) < 4.78 is 0. The number of hydrogen-bond donors (Lipinski definition) is 1. The highest BCUT2D eigenvalue weighted by atomic mass is 35.5. The quantitative estimate of drug-likeness (QED) is 0.896. The van der Waals surface area contributed by atoms with Crippen molar-refractivity contribution in [3.8, 4) is 0 Å². The van der Waals surface area contributed by atoms with Crippen molar-refractivity contribution in [2.24, 2.45) is 5.92 Å². The summed E-state index contributed by atoms with van der Waals surface area (Å²) in [5.41, 5.74) is 0.693. The number of aliphatic carboxylic acids is 1. The van der Waals surface area contributed by atoms with Crippen molar-refractivity contribution in [2.75, 3.05) is 13.1 Å². The van der Waals surface area contributed by atoms with Gasteiger partial charge < -0.3 is 10.0 Å². The van der Waals surface area contributed by atoms with E-state index in [9.17, 15) is 9.59 Å². The van der Waals surface area contributed by atoms with Gasteiger partial charge in [-0.2, -0.15) is 0 Å². The topological polar surface area (TPSA) is 57.6 Å². The molecule has 1 amide bonds. The molecule has 23 heavy (non-hydrogen) atoms. The number of carboxylic acid groups (broad SMARTS) is 1. The zero-order valence-corrected chi connectivity index (χ0v) is 13.9. The average molecular weight is 336 g/mol. The van der Waals surface area contributed by atoms with E-state index in [1.54, 1.807) is 0 Å². The van der Waals surface area contributed by atoms with E-state index in [4.69, 9.17) is 16.7 Å². The van der Waals surface area contributed by atoms with Gasteiger partial charge in [0.2, 0.25) is 5.91 Å². The summed E-state index contributed by atoms with van der Waals surface area (Å²) in [7, 11) is 0. The first-order chi connectivity index (χ1) is 11.0. The van der Waals surface area contributed by atoms with Crippen molar-refractivity contribution in [2.45, 2.75) is 43.9 Å². The van der Waals surface area contributed by atoms with E-state index in [-0.39, 0.29) is 17.7 Å². The third kappa shape index (κ3) is 3.52. The minimum Gasteiger partial charge on any atom is -0.481 e. The molecule has 1 N–H and O–H groups in total. The van der Waals surface area contributed by atoms with Gasteiger partial charge in [0.25, 0.3) is 0 Å². The van der Waals surface area contributed by atoms with Crippen LogP contribution in [0.15, 0.2) is 24.3 Å². The van der Waals surface area contributed by atoms with E-state index in [1.807, 2.05) is 29.2 Å². The minimum absolute atomic E-state index is 0.190. The summed E-state index contributed by atoms with van der Waals surface area (Å²) in [5.74, 6) is -0.238. The minimum atomic E-state index is -0.756. The van der Waals surface area contributed by atoms with Crippen molar-refractivity contribution < 1.29 is 14.7 Å². The van der Waals surface area contributed by atoms with Crippen LogP contribution in [0.2, 0.25) is 5.02 Å². The number of benzene rings is 1. The molecule has 2 fully saturated rings. The summed E-state index contributed by atoms with van der Waals surface area (Å²) in [6.07, 6.45) is 4.62. The summed E-state index contributed by atoms with van der Waals surface area (Å²) in [6.45, 7) is 1.49. The lowest BCUT2D eigenvalue weighted by Crippen LogP contribution is -2.45. The molecular formula is C18H22ClNO3. The molecule has 1 atom stereocenters. The molecule has 1 saturated carbocycles. The average Bonchev–Trinajstić information content (AvgIpc) is 3.35. The molecule has 1 heterocycles. The van der Waals surface area contributed by atoms with Crippen molar-refractivity contribution >= 4 is 23.5 Å². The van der Waals surface area contributed by atoms with Crippen LogP contribution in [0.5, 0.6) is 0 Å². The van der Waals surface area contributed by atoms with Gasteiger partial charge in [-0.15, -0.1) is 0 Å². The zero-order chi connectivity index (χ0) is 16.4. The van der Waals surface area contributed by atoms with Crippen molar-refractivity contribution in [3.05, 3.63) is 34.9 Å². The number of amides is 1. The predicted molar refractivity (Wildman–Crippen MR) is 88.5 cm³/mol. The Hall–Kier alpha value is -1.55. The molecule has 1 aromatic rings. The number of likely N-dealkylation sites (tertiary alicyclic amines) is 1. The van der Waals surface area contributed by atoms with Crippen molar-refractivity contribution in [1.82, 2.24) is 4.90 Å². The molecule has 1 saturated heterocycles. The number of rotatable bonds is 5. The normalized spacial score (nSPS) is 22.7. The fourth-order valence-corrected chi connectivity index (χ4v) is 3.76. The highest BCUT2D eigenvalue weighted by Gasteiger charge is 2.53. The van der Waals surface area contributed by atoms with Crippen LogP contribution in [-0.2, 0) is 15.0 Å². The van der Waals surface area contributed by atoms with Crippen LogP contribution in [-0.4, -0.2) is 35.0 Å².